The van der Waals surface area contributed by atoms with E-state index in [1.807, 2.05) is 0 Å². The number of nitrogens with zero attached hydrogens (tertiary/aromatic N) is 3. The zero-order chi connectivity index (χ0) is 13.0. The third-order valence-electron chi connectivity index (χ3n) is 3.58. The maximum Gasteiger partial charge on any atom is 0.244 e. The van der Waals surface area contributed by atoms with E-state index in [9.17, 15) is 0 Å². The van der Waals surface area contributed by atoms with Crippen molar-refractivity contribution in [3.8, 4) is 0 Å². The molecule has 2 heterocycles. The van der Waals surface area contributed by atoms with Crippen LogP contribution in [0.25, 0.3) is 0 Å². The number of ether oxygens (including phenoxy) is 1. The van der Waals surface area contributed by atoms with E-state index in [-0.39, 0.29) is 6.04 Å². The fraction of sp³-hybridized carbons (Fsp3) is 0.833. The Bertz CT molecular complexity index is 367. The molecule has 0 aliphatic carbocycles. The summed E-state index contributed by atoms with van der Waals surface area (Å²) in [5.41, 5.74) is 6.09. The zero-order valence-corrected chi connectivity index (χ0v) is 11.2. The Hall–Kier alpha value is -1.14. The zero-order valence-electron chi connectivity index (χ0n) is 11.2. The highest BCUT2D eigenvalue weighted by atomic mass is 16.5. The van der Waals surface area contributed by atoms with Gasteiger partial charge in [-0.15, -0.1) is 5.10 Å². The number of rotatable bonds is 5. The number of nitrogens with one attached hydrogen (secondary N) is 1. The molecule has 1 aromatic rings. The summed E-state index contributed by atoms with van der Waals surface area (Å²) in [5, 5.41) is 7.26. The summed E-state index contributed by atoms with van der Waals surface area (Å²) in [6.45, 7) is 4.79. The predicted octanol–water partition coefficient (Wildman–Crippen LogP) is 0.557. The predicted molar refractivity (Wildman–Crippen MR) is 70.5 cm³/mol. The Labute approximate surface area is 108 Å². The van der Waals surface area contributed by atoms with Crippen molar-refractivity contribution in [1.82, 2.24) is 15.2 Å². The van der Waals surface area contributed by atoms with E-state index in [0.29, 0.717) is 5.92 Å². The van der Waals surface area contributed by atoms with Crippen molar-refractivity contribution in [2.45, 2.75) is 32.2 Å². The number of H-pyrrole nitrogens is 1. The topological polar surface area (TPSA) is 80.1 Å². The Morgan fingerprint density at radius 3 is 3.11 bits per heavy atom. The van der Waals surface area contributed by atoms with E-state index in [1.165, 1.54) is 0 Å². The van der Waals surface area contributed by atoms with Crippen molar-refractivity contribution in [2.24, 2.45) is 11.7 Å². The van der Waals surface area contributed by atoms with E-state index in [2.05, 4.69) is 27.0 Å². The van der Waals surface area contributed by atoms with Crippen LogP contribution in [-0.4, -0.2) is 48.0 Å². The van der Waals surface area contributed by atoms with Crippen LogP contribution < -0.4 is 10.6 Å². The molecule has 102 valence electrons. The van der Waals surface area contributed by atoms with Crippen molar-refractivity contribution in [3.63, 3.8) is 0 Å². The van der Waals surface area contributed by atoms with Crippen LogP contribution in [0.4, 0.5) is 5.95 Å². The molecular formula is C12H23N5O. The van der Waals surface area contributed by atoms with Crippen LogP contribution in [0, 0.1) is 5.92 Å². The average Bonchev–Trinajstić information content (AvgIpc) is 2.82. The lowest BCUT2D eigenvalue weighted by molar-refractivity contribution is 0.194. The fourth-order valence-corrected chi connectivity index (χ4v) is 2.20. The second-order valence-electron chi connectivity index (χ2n) is 5.05. The maximum absolute atomic E-state index is 6.09. The highest BCUT2D eigenvalue weighted by molar-refractivity contribution is 5.30. The van der Waals surface area contributed by atoms with Gasteiger partial charge in [-0.25, -0.2) is 0 Å². The van der Waals surface area contributed by atoms with Gasteiger partial charge in [0, 0.05) is 39.3 Å². The summed E-state index contributed by atoms with van der Waals surface area (Å²) in [5.74, 6) is 2.29. The number of piperidine rings is 1. The molecule has 0 spiro atoms. The van der Waals surface area contributed by atoms with Gasteiger partial charge in [0.2, 0.25) is 5.95 Å². The van der Waals surface area contributed by atoms with Crippen molar-refractivity contribution in [2.75, 3.05) is 31.7 Å². The van der Waals surface area contributed by atoms with Crippen LogP contribution in [-0.2, 0) is 11.2 Å². The molecule has 18 heavy (non-hydrogen) atoms. The van der Waals surface area contributed by atoms with Crippen molar-refractivity contribution in [3.05, 3.63) is 5.82 Å². The van der Waals surface area contributed by atoms with E-state index in [0.717, 1.165) is 50.7 Å². The molecule has 2 atom stereocenters. The summed E-state index contributed by atoms with van der Waals surface area (Å²) in [6.07, 6.45) is 2.94. The standard InChI is InChI=1S/C12H23N5O/c1-9-5-6-17(8-10(9)13)12-14-11(15-16-12)4-3-7-18-2/h9-10H,3-8,13H2,1-2H3,(H,14,15,16). The van der Waals surface area contributed by atoms with Crippen LogP contribution in [0.15, 0.2) is 0 Å². The normalized spacial score (nSPS) is 24.5. The molecule has 0 saturated carbocycles. The van der Waals surface area contributed by atoms with Crippen LogP contribution in [0.1, 0.15) is 25.6 Å². The largest absolute Gasteiger partial charge is 0.385 e. The van der Waals surface area contributed by atoms with E-state index in [4.69, 9.17) is 10.5 Å². The van der Waals surface area contributed by atoms with Crippen LogP contribution in [0.3, 0.4) is 0 Å². The first-order chi connectivity index (χ1) is 8.70. The lowest BCUT2D eigenvalue weighted by Gasteiger charge is -2.34. The molecule has 0 bridgehead atoms. The number of methoxy groups -OCH3 is 1. The summed E-state index contributed by atoms with van der Waals surface area (Å²) in [6, 6.07) is 0.217. The van der Waals surface area contributed by atoms with Gasteiger partial charge in [0.05, 0.1) is 0 Å². The number of aryl methyl sites for hydroxylation is 1. The third-order valence-corrected chi connectivity index (χ3v) is 3.58. The van der Waals surface area contributed by atoms with Gasteiger partial charge in [-0.05, 0) is 18.8 Å². The molecular weight excluding hydrogens is 230 g/mol. The van der Waals surface area contributed by atoms with Crippen LogP contribution in [0.5, 0.6) is 0 Å². The minimum absolute atomic E-state index is 0.217. The Morgan fingerprint density at radius 1 is 1.56 bits per heavy atom. The SMILES string of the molecule is COCCCc1nc(N2CCC(C)C(N)C2)n[nH]1. The molecule has 0 aromatic carbocycles. The summed E-state index contributed by atoms with van der Waals surface area (Å²) in [7, 11) is 1.71. The van der Waals surface area contributed by atoms with Crippen molar-refractivity contribution in [1.29, 1.82) is 0 Å². The fourth-order valence-electron chi connectivity index (χ4n) is 2.20. The number of nitrogens with two attached hydrogens (primary N) is 1. The molecule has 1 fully saturated rings. The molecule has 1 aliphatic rings. The van der Waals surface area contributed by atoms with Crippen LogP contribution in [0.2, 0.25) is 0 Å². The molecule has 1 aliphatic heterocycles. The Balaban J connectivity index is 1.89. The van der Waals surface area contributed by atoms with E-state index in [1.54, 1.807) is 7.11 Å². The molecule has 2 rings (SSSR count). The van der Waals surface area contributed by atoms with Gasteiger partial charge < -0.3 is 15.4 Å². The first-order valence-electron chi connectivity index (χ1n) is 6.61. The van der Waals surface area contributed by atoms with Gasteiger partial charge >= 0.3 is 0 Å². The first kappa shape index (κ1) is 13.3. The molecule has 1 aromatic heterocycles. The minimum atomic E-state index is 0.217. The monoisotopic (exact) mass is 253 g/mol. The molecule has 6 nitrogen and oxygen atoms in total. The molecule has 2 unspecified atom stereocenters. The third kappa shape index (κ3) is 3.20. The van der Waals surface area contributed by atoms with Gasteiger partial charge in [0.15, 0.2) is 0 Å². The molecule has 6 heteroatoms. The molecule has 1 saturated heterocycles. The second-order valence-corrected chi connectivity index (χ2v) is 5.05. The van der Waals surface area contributed by atoms with Gasteiger partial charge in [-0.1, -0.05) is 6.92 Å². The summed E-state index contributed by atoms with van der Waals surface area (Å²) < 4.78 is 5.02. The minimum Gasteiger partial charge on any atom is -0.385 e. The smallest absolute Gasteiger partial charge is 0.244 e. The number of hydrogen-bond donors (Lipinski definition) is 2. The average molecular weight is 253 g/mol. The van der Waals surface area contributed by atoms with Crippen molar-refractivity contribution < 1.29 is 4.74 Å². The van der Waals surface area contributed by atoms with E-state index >= 15 is 0 Å². The van der Waals surface area contributed by atoms with Crippen molar-refractivity contribution >= 4 is 5.95 Å². The summed E-state index contributed by atoms with van der Waals surface area (Å²) >= 11 is 0. The van der Waals surface area contributed by atoms with Gasteiger partial charge in [-0.2, -0.15) is 4.98 Å². The Morgan fingerprint density at radius 2 is 2.39 bits per heavy atom. The number of aromatic nitrogens is 3. The van der Waals surface area contributed by atoms with Crippen LogP contribution >= 0.6 is 0 Å². The first-order valence-corrected chi connectivity index (χ1v) is 6.61. The van der Waals surface area contributed by atoms with Gasteiger partial charge in [0.1, 0.15) is 5.82 Å². The number of hydrogen-bond acceptors (Lipinski definition) is 5. The number of anilines is 1. The molecule has 3 N–H and O–H groups in total. The Kier molecular flexibility index (Phi) is 4.54. The van der Waals surface area contributed by atoms with E-state index < -0.39 is 0 Å². The highest BCUT2D eigenvalue weighted by Gasteiger charge is 2.25. The maximum atomic E-state index is 6.09. The lowest BCUT2D eigenvalue weighted by Crippen LogP contribution is -2.48. The highest BCUT2D eigenvalue weighted by Crippen LogP contribution is 2.19. The molecule has 0 radical (unpaired) electrons. The second kappa shape index (κ2) is 6.15. The van der Waals surface area contributed by atoms with Gasteiger partial charge in [-0.3, -0.25) is 5.10 Å². The lowest BCUT2D eigenvalue weighted by atomic mass is 9.95. The number of aromatic amines is 1. The van der Waals surface area contributed by atoms with Gasteiger partial charge in [0.25, 0.3) is 0 Å². The quantitative estimate of drug-likeness (QED) is 0.749. The molecule has 0 amide bonds. The summed E-state index contributed by atoms with van der Waals surface area (Å²) in [4.78, 5) is 6.68.